The molecule has 0 atom stereocenters. The van der Waals surface area contributed by atoms with Gasteiger partial charge < -0.3 is 10.2 Å². The molecular weight excluding hydrogens is 338 g/mol. The number of carbonyl (C=O) groups excluding carboxylic acids is 1. The van der Waals surface area contributed by atoms with Gasteiger partial charge >= 0.3 is 0 Å². The third-order valence-corrected chi connectivity index (χ3v) is 4.86. The Morgan fingerprint density at radius 1 is 1.19 bits per heavy atom. The fourth-order valence-corrected chi connectivity index (χ4v) is 3.20. The summed E-state index contributed by atoms with van der Waals surface area (Å²) in [4.78, 5) is 26.7. The molecule has 0 aliphatic heterocycles. The molecule has 142 valence electrons. The van der Waals surface area contributed by atoms with E-state index in [0.29, 0.717) is 18.1 Å². The molecule has 0 saturated carbocycles. The first kappa shape index (κ1) is 19.0. The fraction of sp³-hybridized carbons (Fsp3) is 0.429. The summed E-state index contributed by atoms with van der Waals surface area (Å²) in [6, 6.07) is 5.67. The summed E-state index contributed by atoms with van der Waals surface area (Å²) in [7, 11) is 1.80. The molecule has 3 rings (SSSR count). The van der Waals surface area contributed by atoms with E-state index in [9.17, 15) is 4.79 Å². The number of allylic oxidation sites excluding steroid dienone is 1. The van der Waals surface area contributed by atoms with Crippen LogP contribution in [-0.2, 0) is 6.42 Å². The van der Waals surface area contributed by atoms with Crippen molar-refractivity contribution in [2.24, 2.45) is 0 Å². The van der Waals surface area contributed by atoms with E-state index in [1.54, 1.807) is 30.4 Å². The van der Waals surface area contributed by atoms with Crippen molar-refractivity contribution in [3.8, 4) is 0 Å². The predicted octanol–water partition coefficient (Wildman–Crippen LogP) is 3.49. The Balaban J connectivity index is 1.50. The van der Waals surface area contributed by atoms with Gasteiger partial charge in [0.15, 0.2) is 0 Å². The molecule has 0 fully saturated rings. The second-order valence-corrected chi connectivity index (χ2v) is 6.91. The lowest BCUT2D eigenvalue weighted by Crippen LogP contribution is -2.29. The molecule has 0 aromatic carbocycles. The number of amides is 1. The van der Waals surface area contributed by atoms with Gasteiger partial charge in [0.25, 0.3) is 5.91 Å². The minimum atomic E-state index is -0.0931. The number of likely N-dealkylation sites (N-methyl/N-ethyl adjacent to an activating group) is 1. The van der Waals surface area contributed by atoms with Crippen LogP contribution in [-0.4, -0.2) is 45.9 Å². The molecule has 27 heavy (non-hydrogen) atoms. The third kappa shape index (κ3) is 5.88. The number of rotatable bonds is 8. The van der Waals surface area contributed by atoms with Crippen molar-refractivity contribution in [3.05, 3.63) is 59.8 Å². The molecule has 1 N–H and O–H groups in total. The molecule has 2 aromatic rings. The summed E-state index contributed by atoms with van der Waals surface area (Å²) in [5.41, 5.74) is 3.10. The molecule has 2 heterocycles. The van der Waals surface area contributed by atoms with Gasteiger partial charge in [-0.15, -0.1) is 0 Å². The highest BCUT2D eigenvalue weighted by molar-refractivity contribution is 5.92. The monoisotopic (exact) mass is 365 g/mol. The van der Waals surface area contributed by atoms with Gasteiger partial charge in [0.1, 0.15) is 17.8 Å². The summed E-state index contributed by atoms with van der Waals surface area (Å²) in [6.45, 7) is 1.46. The lowest BCUT2D eigenvalue weighted by molar-refractivity contribution is 0.0790. The second kappa shape index (κ2) is 9.80. The Labute approximate surface area is 160 Å². The van der Waals surface area contributed by atoms with Crippen molar-refractivity contribution in [3.63, 3.8) is 0 Å². The molecule has 1 aliphatic rings. The first-order valence-electron chi connectivity index (χ1n) is 9.60. The lowest BCUT2D eigenvalue weighted by atomic mass is 9.97. The van der Waals surface area contributed by atoms with Gasteiger partial charge in [0, 0.05) is 38.6 Å². The van der Waals surface area contributed by atoms with Gasteiger partial charge in [-0.2, -0.15) is 0 Å². The molecule has 6 heteroatoms. The average molecular weight is 365 g/mol. The van der Waals surface area contributed by atoms with Crippen LogP contribution in [0, 0.1) is 0 Å². The van der Waals surface area contributed by atoms with Crippen molar-refractivity contribution in [1.82, 2.24) is 19.9 Å². The normalized spacial score (nSPS) is 13.7. The average Bonchev–Trinajstić information content (AvgIpc) is 2.73. The highest BCUT2D eigenvalue weighted by Gasteiger charge is 2.14. The Kier molecular flexibility index (Phi) is 6.90. The lowest BCUT2D eigenvalue weighted by Gasteiger charge is -2.17. The van der Waals surface area contributed by atoms with Crippen molar-refractivity contribution in [1.29, 1.82) is 0 Å². The van der Waals surface area contributed by atoms with Gasteiger partial charge in [0.2, 0.25) is 0 Å². The highest BCUT2D eigenvalue weighted by Crippen LogP contribution is 2.20. The van der Waals surface area contributed by atoms with Gasteiger partial charge in [-0.1, -0.05) is 11.6 Å². The maximum absolute atomic E-state index is 12.6. The van der Waals surface area contributed by atoms with Crippen LogP contribution in [0.3, 0.4) is 0 Å². The topological polar surface area (TPSA) is 71.0 Å². The van der Waals surface area contributed by atoms with Crippen molar-refractivity contribution in [2.45, 2.75) is 38.5 Å². The molecule has 0 radical (unpaired) electrons. The van der Waals surface area contributed by atoms with E-state index >= 15 is 0 Å². The zero-order valence-corrected chi connectivity index (χ0v) is 15.9. The van der Waals surface area contributed by atoms with E-state index in [1.807, 2.05) is 12.1 Å². The quantitative estimate of drug-likeness (QED) is 0.725. The number of nitrogens with one attached hydrogen (secondary N) is 1. The van der Waals surface area contributed by atoms with E-state index in [-0.39, 0.29) is 5.91 Å². The van der Waals surface area contributed by atoms with Gasteiger partial charge in [-0.05, 0) is 56.2 Å². The fourth-order valence-electron chi connectivity index (χ4n) is 3.20. The first-order chi connectivity index (χ1) is 13.2. The Bertz CT molecular complexity index is 775. The summed E-state index contributed by atoms with van der Waals surface area (Å²) in [5, 5.41) is 3.31. The Morgan fingerprint density at radius 3 is 2.81 bits per heavy atom. The summed E-state index contributed by atoms with van der Waals surface area (Å²) >= 11 is 0. The maximum Gasteiger partial charge on any atom is 0.272 e. The SMILES string of the molecule is CN(CCc1ccncc1)C(=O)c1cc(NCCC2=CCCCC2)ncn1. The van der Waals surface area contributed by atoms with Crippen LogP contribution in [0.4, 0.5) is 5.82 Å². The van der Waals surface area contributed by atoms with E-state index < -0.39 is 0 Å². The van der Waals surface area contributed by atoms with E-state index in [4.69, 9.17) is 0 Å². The molecule has 0 bridgehead atoms. The summed E-state index contributed by atoms with van der Waals surface area (Å²) in [6.07, 6.45) is 14.2. The number of anilines is 1. The van der Waals surface area contributed by atoms with Crippen LogP contribution in [0.1, 0.15) is 48.2 Å². The second-order valence-electron chi connectivity index (χ2n) is 6.91. The number of hydrogen-bond donors (Lipinski definition) is 1. The Morgan fingerprint density at radius 2 is 2.04 bits per heavy atom. The zero-order valence-electron chi connectivity index (χ0n) is 15.9. The number of hydrogen-bond acceptors (Lipinski definition) is 5. The summed E-state index contributed by atoms with van der Waals surface area (Å²) < 4.78 is 0. The standard InChI is InChI=1S/C21H27N5O/c1-26(14-10-18-7-11-22-12-8-18)21(27)19-15-20(25-16-24-19)23-13-9-17-5-3-2-4-6-17/h5,7-8,11-12,15-16H,2-4,6,9-10,13-14H2,1H3,(H,23,24,25). The molecule has 1 amide bonds. The van der Waals surface area contributed by atoms with Crippen molar-refractivity contribution < 1.29 is 4.79 Å². The number of aromatic nitrogens is 3. The molecule has 0 saturated heterocycles. The van der Waals surface area contributed by atoms with Crippen LogP contribution in [0.5, 0.6) is 0 Å². The van der Waals surface area contributed by atoms with E-state index in [1.165, 1.54) is 37.6 Å². The first-order valence-corrected chi connectivity index (χ1v) is 9.60. The van der Waals surface area contributed by atoms with Crippen molar-refractivity contribution >= 4 is 11.7 Å². The number of pyridine rings is 1. The molecule has 1 aliphatic carbocycles. The van der Waals surface area contributed by atoms with Crippen molar-refractivity contribution in [2.75, 3.05) is 25.5 Å². The summed E-state index contributed by atoms with van der Waals surface area (Å²) in [5.74, 6) is 0.608. The van der Waals surface area contributed by atoms with Gasteiger partial charge in [-0.3, -0.25) is 9.78 Å². The molecule has 2 aromatic heterocycles. The van der Waals surface area contributed by atoms with Crippen LogP contribution in [0.2, 0.25) is 0 Å². The minimum Gasteiger partial charge on any atom is -0.370 e. The molecular formula is C21H27N5O. The smallest absolute Gasteiger partial charge is 0.272 e. The highest BCUT2D eigenvalue weighted by atomic mass is 16.2. The maximum atomic E-state index is 12.6. The zero-order chi connectivity index (χ0) is 18.9. The third-order valence-electron chi connectivity index (χ3n) is 4.86. The Hall–Kier alpha value is -2.76. The van der Waals surface area contributed by atoms with E-state index in [2.05, 4.69) is 26.3 Å². The van der Waals surface area contributed by atoms with Gasteiger partial charge in [0.05, 0.1) is 0 Å². The predicted molar refractivity (Wildman–Crippen MR) is 107 cm³/mol. The molecule has 0 unspecified atom stereocenters. The molecule has 6 nitrogen and oxygen atoms in total. The number of nitrogens with zero attached hydrogens (tertiary/aromatic N) is 4. The largest absolute Gasteiger partial charge is 0.370 e. The van der Waals surface area contributed by atoms with Crippen LogP contribution < -0.4 is 5.32 Å². The van der Waals surface area contributed by atoms with Crippen LogP contribution >= 0.6 is 0 Å². The van der Waals surface area contributed by atoms with Crippen LogP contribution in [0.25, 0.3) is 0 Å². The van der Waals surface area contributed by atoms with Crippen LogP contribution in [0.15, 0.2) is 48.6 Å². The molecule has 0 spiro atoms. The van der Waals surface area contributed by atoms with E-state index in [0.717, 1.165) is 24.9 Å². The number of carbonyl (C=O) groups is 1. The van der Waals surface area contributed by atoms with Gasteiger partial charge in [-0.25, -0.2) is 9.97 Å². The minimum absolute atomic E-state index is 0.0931.